The number of unbranched alkanes of at least 4 members (excludes halogenated alkanes) is 9. The molecular formula is C20H44O2Sn. The maximum atomic E-state index is 6.48. The molecule has 0 saturated carbocycles. The topological polar surface area (TPSA) is 18.5 Å². The second kappa shape index (κ2) is 17.5. The molecule has 0 aromatic rings. The van der Waals surface area contributed by atoms with E-state index in [-0.39, 0.29) is 0 Å². The van der Waals surface area contributed by atoms with Crippen LogP contribution in [-0.2, 0) is 6.15 Å². The zero-order valence-corrected chi connectivity index (χ0v) is 19.5. The van der Waals surface area contributed by atoms with Crippen LogP contribution in [0.25, 0.3) is 0 Å². The molecule has 23 heavy (non-hydrogen) atoms. The van der Waals surface area contributed by atoms with E-state index in [9.17, 15) is 0 Å². The van der Waals surface area contributed by atoms with Gasteiger partial charge >= 0.3 is 152 Å². The Labute approximate surface area is 152 Å². The van der Waals surface area contributed by atoms with Crippen LogP contribution in [0.5, 0.6) is 0 Å². The van der Waals surface area contributed by atoms with E-state index in [2.05, 4.69) is 27.7 Å². The summed E-state index contributed by atoms with van der Waals surface area (Å²) in [5, 5.41) is 0. The van der Waals surface area contributed by atoms with Crippen LogP contribution in [0.3, 0.4) is 0 Å². The number of hydrogen-bond donors (Lipinski definition) is 0. The normalized spacial score (nSPS) is 12.0. The Kier molecular flexibility index (Phi) is 18.1. The van der Waals surface area contributed by atoms with Crippen LogP contribution in [0.15, 0.2) is 0 Å². The molecule has 0 heterocycles. The molecule has 0 spiro atoms. The van der Waals surface area contributed by atoms with Crippen LogP contribution in [0.4, 0.5) is 0 Å². The fraction of sp³-hybridized carbons (Fsp3) is 1.00. The van der Waals surface area contributed by atoms with Gasteiger partial charge < -0.3 is 0 Å². The van der Waals surface area contributed by atoms with Gasteiger partial charge in [-0.3, -0.25) is 0 Å². The van der Waals surface area contributed by atoms with E-state index in [1.165, 1.54) is 85.9 Å². The first-order valence-corrected chi connectivity index (χ1v) is 16.9. The SMILES string of the molecule is CCCCCCC[O][Sn]([CH2]C)([CH2]CCC)[O]CCCCCCC. The van der Waals surface area contributed by atoms with Crippen molar-refractivity contribution in [3.8, 4) is 0 Å². The monoisotopic (exact) mass is 436 g/mol. The van der Waals surface area contributed by atoms with Crippen LogP contribution in [0.2, 0.25) is 8.87 Å². The molecule has 2 nitrogen and oxygen atoms in total. The summed E-state index contributed by atoms with van der Waals surface area (Å²) in [6.07, 6.45) is 15.7. The van der Waals surface area contributed by atoms with Gasteiger partial charge in [0.15, 0.2) is 0 Å². The van der Waals surface area contributed by atoms with E-state index in [0.29, 0.717) is 0 Å². The van der Waals surface area contributed by atoms with E-state index in [1.54, 1.807) is 0 Å². The Morgan fingerprint density at radius 1 is 0.522 bits per heavy atom. The van der Waals surface area contributed by atoms with E-state index >= 15 is 0 Å². The first-order chi connectivity index (χ1) is 11.2. The van der Waals surface area contributed by atoms with Gasteiger partial charge in [-0.25, -0.2) is 0 Å². The molecule has 0 aliphatic carbocycles. The van der Waals surface area contributed by atoms with Crippen LogP contribution in [0, 0.1) is 0 Å². The molecule has 0 bridgehead atoms. The van der Waals surface area contributed by atoms with Crippen molar-refractivity contribution in [1.29, 1.82) is 0 Å². The second-order valence-electron chi connectivity index (χ2n) is 6.89. The first kappa shape index (κ1) is 23.7. The van der Waals surface area contributed by atoms with Crippen molar-refractivity contribution >= 4 is 19.2 Å². The molecule has 0 aliphatic rings. The van der Waals surface area contributed by atoms with Gasteiger partial charge in [0.05, 0.1) is 0 Å². The van der Waals surface area contributed by atoms with Crippen LogP contribution in [-0.4, -0.2) is 32.4 Å². The van der Waals surface area contributed by atoms with Gasteiger partial charge in [-0.1, -0.05) is 0 Å². The molecule has 0 saturated heterocycles. The van der Waals surface area contributed by atoms with Gasteiger partial charge in [-0.2, -0.15) is 0 Å². The van der Waals surface area contributed by atoms with Crippen molar-refractivity contribution in [1.82, 2.24) is 0 Å². The molecule has 0 aliphatic heterocycles. The van der Waals surface area contributed by atoms with Crippen molar-refractivity contribution < 1.29 is 6.15 Å². The Bertz CT molecular complexity index is 218. The van der Waals surface area contributed by atoms with Gasteiger partial charge in [0, 0.05) is 0 Å². The van der Waals surface area contributed by atoms with Crippen molar-refractivity contribution in [2.75, 3.05) is 13.2 Å². The van der Waals surface area contributed by atoms with Gasteiger partial charge in [-0.15, -0.1) is 0 Å². The summed E-state index contributed by atoms with van der Waals surface area (Å²) in [7, 11) is 0. The third-order valence-electron chi connectivity index (χ3n) is 4.68. The fourth-order valence-corrected chi connectivity index (χ4v) is 11.7. The predicted octanol–water partition coefficient (Wildman–Crippen LogP) is 7.22. The van der Waals surface area contributed by atoms with Crippen molar-refractivity contribution in [2.45, 2.75) is 114 Å². The Balaban J connectivity index is 4.06. The standard InChI is InChI=1S/2C7H15O.C4H9.C2H5.Sn/c2*1-2-3-4-5-6-7-8;1-3-4-2;1-2;/h2*2-7H2,1H3;1,3-4H2,2H3;1H2,2H3;/q2*-1;;;+2. The zero-order chi connectivity index (χ0) is 17.2. The van der Waals surface area contributed by atoms with E-state index < -0.39 is 19.2 Å². The molecule has 0 unspecified atom stereocenters. The summed E-state index contributed by atoms with van der Waals surface area (Å²) in [4.78, 5) is 0. The minimum absolute atomic E-state index is 0.952. The van der Waals surface area contributed by atoms with Gasteiger partial charge in [-0.05, 0) is 0 Å². The van der Waals surface area contributed by atoms with Crippen molar-refractivity contribution in [2.24, 2.45) is 0 Å². The minimum atomic E-state index is -2.75. The summed E-state index contributed by atoms with van der Waals surface area (Å²) in [6, 6.07) is 0. The van der Waals surface area contributed by atoms with E-state index in [4.69, 9.17) is 6.15 Å². The molecule has 0 aromatic heterocycles. The molecule has 0 fully saturated rings. The number of hydrogen-bond acceptors (Lipinski definition) is 2. The average Bonchev–Trinajstić information content (AvgIpc) is 2.58. The Morgan fingerprint density at radius 3 is 1.35 bits per heavy atom. The number of rotatable bonds is 18. The molecule has 0 aromatic carbocycles. The summed E-state index contributed by atoms with van der Waals surface area (Å²) in [5.41, 5.74) is 0. The molecule has 0 amide bonds. The summed E-state index contributed by atoms with van der Waals surface area (Å²) >= 11 is -2.75. The van der Waals surface area contributed by atoms with Crippen molar-refractivity contribution in [3.05, 3.63) is 0 Å². The first-order valence-electron chi connectivity index (χ1n) is 10.5. The summed E-state index contributed by atoms with van der Waals surface area (Å²) < 4.78 is 15.4. The molecule has 0 rings (SSSR count). The summed E-state index contributed by atoms with van der Waals surface area (Å²) in [6.45, 7) is 11.0. The van der Waals surface area contributed by atoms with E-state index in [1.807, 2.05) is 0 Å². The van der Waals surface area contributed by atoms with Crippen LogP contribution < -0.4 is 0 Å². The molecule has 0 radical (unpaired) electrons. The van der Waals surface area contributed by atoms with E-state index in [0.717, 1.165) is 13.2 Å². The molecular weight excluding hydrogens is 391 g/mol. The quantitative estimate of drug-likeness (QED) is 0.167. The van der Waals surface area contributed by atoms with Crippen molar-refractivity contribution in [3.63, 3.8) is 0 Å². The summed E-state index contributed by atoms with van der Waals surface area (Å²) in [5.74, 6) is 0. The maximum absolute atomic E-state index is 6.48. The molecule has 140 valence electrons. The second-order valence-corrected chi connectivity index (χ2v) is 17.2. The Morgan fingerprint density at radius 2 is 0.957 bits per heavy atom. The molecule has 0 N–H and O–H groups in total. The molecule has 3 heteroatoms. The van der Waals surface area contributed by atoms with Gasteiger partial charge in [0.25, 0.3) is 0 Å². The van der Waals surface area contributed by atoms with Crippen LogP contribution in [0.1, 0.15) is 105 Å². The predicted molar refractivity (Wildman–Crippen MR) is 105 cm³/mol. The zero-order valence-electron chi connectivity index (χ0n) is 16.6. The third kappa shape index (κ3) is 13.7. The average molecular weight is 435 g/mol. The van der Waals surface area contributed by atoms with Crippen LogP contribution >= 0.6 is 0 Å². The van der Waals surface area contributed by atoms with Gasteiger partial charge in [0.2, 0.25) is 0 Å². The molecule has 0 atom stereocenters. The van der Waals surface area contributed by atoms with Gasteiger partial charge in [0.1, 0.15) is 0 Å². The fourth-order valence-electron chi connectivity index (χ4n) is 2.94. The third-order valence-corrected chi connectivity index (χ3v) is 15.1. The Hall–Kier alpha value is 0.719.